The summed E-state index contributed by atoms with van der Waals surface area (Å²) in [7, 11) is 0. The monoisotopic (exact) mass is 344 g/mol. The van der Waals surface area contributed by atoms with E-state index in [4.69, 9.17) is 4.98 Å². The molecule has 2 heterocycles. The number of aromatic nitrogens is 3. The fraction of sp³-hybridized carbons (Fsp3) is 0.0500. The molecular weight excluding hydrogens is 328 g/mol. The highest BCUT2D eigenvalue weighted by Gasteiger charge is 2.13. The second-order valence-electron chi connectivity index (χ2n) is 5.56. The van der Waals surface area contributed by atoms with Crippen molar-refractivity contribution in [3.8, 4) is 21.1 Å². The lowest BCUT2D eigenvalue weighted by Gasteiger charge is -2.05. The van der Waals surface area contributed by atoms with Crippen molar-refractivity contribution in [3.63, 3.8) is 0 Å². The molecule has 0 aliphatic heterocycles. The molecular formula is C20H16N4S. The normalized spacial score (nSPS) is 10.6. The van der Waals surface area contributed by atoms with Crippen LogP contribution in [0, 0.1) is 6.92 Å². The standard InChI is InChI=1S/C20H16N4S/c1-14-18(25-19(22-14)15-8-4-2-5-9-15)17-12-13-21-20(24-17)23-16-10-6-3-7-11-16/h2-13H,1H3,(H,21,23,24). The number of nitrogens with one attached hydrogen (secondary N) is 1. The van der Waals surface area contributed by atoms with Crippen molar-refractivity contribution >= 4 is 23.0 Å². The zero-order chi connectivity index (χ0) is 17.1. The van der Waals surface area contributed by atoms with Crippen LogP contribution in [0.1, 0.15) is 5.69 Å². The van der Waals surface area contributed by atoms with Gasteiger partial charge < -0.3 is 5.32 Å². The van der Waals surface area contributed by atoms with Gasteiger partial charge in [-0.1, -0.05) is 48.5 Å². The molecule has 0 saturated carbocycles. The fourth-order valence-electron chi connectivity index (χ4n) is 2.53. The molecule has 25 heavy (non-hydrogen) atoms. The molecule has 0 aliphatic carbocycles. The van der Waals surface area contributed by atoms with E-state index < -0.39 is 0 Å². The summed E-state index contributed by atoms with van der Waals surface area (Å²) in [6, 6.07) is 22.0. The first-order valence-electron chi connectivity index (χ1n) is 7.98. The Hall–Kier alpha value is -3.05. The minimum absolute atomic E-state index is 0.581. The van der Waals surface area contributed by atoms with Crippen LogP contribution in [0.5, 0.6) is 0 Å². The summed E-state index contributed by atoms with van der Waals surface area (Å²) < 4.78 is 0. The molecule has 0 saturated heterocycles. The third kappa shape index (κ3) is 3.41. The molecule has 122 valence electrons. The fourth-order valence-corrected chi connectivity index (χ4v) is 3.58. The third-order valence-corrected chi connectivity index (χ3v) is 4.96. The van der Waals surface area contributed by atoms with E-state index in [2.05, 4.69) is 27.4 Å². The van der Waals surface area contributed by atoms with E-state index in [0.717, 1.165) is 32.5 Å². The number of aryl methyl sites for hydroxylation is 1. The molecule has 0 unspecified atom stereocenters. The summed E-state index contributed by atoms with van der Waals surface area (Å²) in [4.78, 5) is 14.7. The van der Waals surface area contributed by atoms with E-state index >= 15 is 0 Å². The van der Waals surface area contributed by atoms with Gasteiger partial charge in [0.2, 0.25) is 5.95 Å². The SMILES string of the molecule is Cc1nc(-c2ccccc2)sc1-c1ccnc(Nc2ccccc2)n1. The van der Waals surface area contributed by atoms with E-state index in [-0.39, 0.29) is 0 Å². The van der Waals surface area contributed by atoms with Crippen LogP contribution in [0.15, 0.2) is 72.9 Å². The molecule has 4 aromatic rings. The largest absolute Gasteiger partial charge is 0.324 e. The second kappa shape index (κ2) is 6.83. The predicted octanol–water partition coefficient (Wildman–Crippen LogP) is 5.32. The van der Waals surface area contributed by atoms with Crippen LogP contribution in [0.2, 0.25) is 0 Å². The number of para-hydroxylation sites is 1. The molecule has 0 bridgehead atoms. The van der Waals surface area contributed by atoms with E-state index in [1.807, 2.05) is 61.5 Å². The molecule has 5 heteroatoms. The third-order valence-electron chi connectivity index (χ3n) is 3.74. The molecule has 2 aromatic carbocycles. The first-order chi connectivity index (χ1) is 12.3. The summed E-state index contributed by atoms with van der Waals surface area (Å²) >= 11 is 1.65. The van der Waals surface area contributed by atoms with Gasteiger partial charge in [-0.15, -0.1) is 11.3 Å². The summed E-state index contributed by atoms with van der Waals surface area (Å²) in [5.74, 6) is 0.581. The Balaban J connectivity index is 1.66. The summed E-state index contributed by atoms with van der Waals surface area (Å²) in [5, 5.41) is 4.24. The van der Waals surface area contributed by atoms with Crippen molar-refractivity contribution in [1.29, 1.82) is 0 Å². The maximum Gasteiger partial charge on any atom is 0.227 e. The number of hydrogen-bond donors (Lipinski definition) is 1. The van der Waals surface area contributed by atoms with E-state index in [0.29, 0.717) is 5.95 Å². The Bertz CT molecular complexity index is 981. The van der Waals surface area contributed by atoms with Gasteiger partial charge in [-0.05, 0) is 25.1 Å². The first kappa shape index (κ1) is 15.5. The Morgan fingerprint density at radius 3 is 2.32 bits per heavy atom. The van der Waals surface area contributed by atoms with Crippen LogP contribution in [0.25, 0.3) is 21.1 Å². The molecule has 0 fully saturated rings. The lowest BCUT2D eigenvalue weighted by atomic mass is 10.2. The lowest BCUT2D eigenvalue weighted by molar-refractivity contribution is 1.16. The van der Waals surface area contributed by atoms with E-state index in [1.165, 1.54) is 0 Å². The summed E-state index contributed by atoms with van der Waals surface area (Å²) in [5.41, 5.74) is 3.95. The van der Waals surface area contributed by atoms with Crippen LogP contribution in [0.4, 0.5) is 11.6 Å². The van der Waals surface area contributed by atoms with Gasteiger partial charge in [-0.25, -0.2) is 15.0 Å². The Morgan fingerprint density at radius 2 is 1.56 bits per heavy atom. The van der Waals surface area contributed by atoms with Crippen LogP contribution < -0.4 is 5.32 Å². The molecule has 1 N–H and O–H groups in total. The maximum atomic E-state index is 4.71. The zero-order valence-corrected chi connectivity index (χ0v) is 14.5. The van der Waals surface area contributed by atoms with Crippen molar-refractivity contribution in [2.75, 3.05) is 5.32 Å². The van der Waals surface area contributed by atoms with Gasteiger partial charge in [0.1, 0.15) is 5.01 Å². The van der Waals surface area contributed by atoms with Crippen LogP contribution in [-0.2, 0) is 0 Å². The Kier molecular flexibility index (Phi) is 4.23. The topological polar surface area (TPSA) is 50.7 Å². The van der Waals surface area contributed by atoms with Gasteiger partial charge in [0.05, 0.1) is 16.3 Å². The van der Waals surface area contributed by atoms with Gasteiger partial charge in [0.15, 0.2) is 0 Å². The molecule has 4 rings (SSSR count). The predicted molar refractivity (Wildman–Crippen MR) is 103 cm³/mol. The molecule has 0 atom stereocenters. The minimum Gasteiger partial charge on any atom is -0.324 e. The summed E-state index contributed by atoms with van der Waals surface area (Å²) in [6.45, 7) is 2.02. The summed E-state index contributed by atoms with van der Waals surface area (Å²) in [6.07, 6.45) is 1.77. The molecule has 0 amide bonds. The number of thiazole rings is 1. The Morgan fingerprint density at radius 1 is 0.840 bits per heavy atom. The average molecular weight is 344 g/mol. The number of nitrogens with zero attached hydrogens (tertiary/aromatic N) is 3. The average Bonchev–Trinajstić information content (AvgIpc) is 3.05. The quantitative estimate of drug-likeness (QED) is 0.544. The van der Waals surface area contributed by atoms with E-state index in [1.54, 1.807) is 17.5 Å². The van der Waals surface area contributed by atoms with Gasteiger partial charge >= 0.3 is 0 Å². The van der Waals surface area contributed by atoms with Crippen LogP contribution in [0.3, 0.4) is 0 Å². The van der Waals surface area contributed by atoms with Crippen molar-refractivity contribution < 1.29 is 0 Å². The number of rotatable bonds is 4. The van der Waals surface area contributed by atoms with Crippen molar-refractivity contribution in [1.82, 2.24) is 15.0 Å². The van der Waals surface area contributed by atoms with Gasteiger partial charge in [0.25, 0.3) is 0 Å². The van der Waals surface area contributed by atoms with E-state index in [9.17, 15) is 0 Å². The molecule has 0 aliphatic rings. The molecule has 0 radical (unpaired) electrons. The Labute approximate surface area is 150 Å². The zero-order valence-electron chi connectivity index (χ0n) is 13.7. The van der Waals surface area contributed by atoms with Gasteiger partial charge in [-0.3, -0.25) is 0 Å². The smallest absolute Gasteiger partial charge is 0.227 e. The number of anilines is 2. The van der Waals surface area contributed by atoms with Crippen LogP contribution in [-0.4, -0.2) is 15.0 Å². The van der Waals surface area contributed by atoms with Crippen molar-refractivity contribution in [3.05, 3.63) is 78.6 Å². The second-order valence-corrected chi connectivity index (χ2v) is 6.56. The number of benzene rings is 2. The maximum absolute atomic E-state index is 4.71. The van der Waals surface area contributed by atoms with Gasteiger partial charge in [0, 0.05) is 17.4 Å². The highest BCUT2D eigenvalue weighted by Crippen LogP contribution is 2.34. The van der Waals surface area contributed by atoms with Crippen molar-refractivity contribution in [2.45, 2.75) is 6.92 Å². The number of hydrogen-bond acceptors (Lipinski definition) is 5. The van der Waals surface area contributed by atoms with Gasteiger partial charge in [-0.2, -0.15) is 0 Å². The molecule has 2 aromatic heterocycles. The highest BCUT2D eigenvalue weighted by molar-refractivity contribution is 7.18. The first-order valence-corrected chi connectivity index (χ1v) is 8.79. The molecule has 4 nitrogen and oxygen atoms in total. The highest BCUT2D eigenvalue weighted by atomic mass is 32.1. The minimum atomic E-state index is 0.581. The van der Waals surface area contributed by atoms with Crippen LogP contribution >= 0.6 is 11.3 Å². The molecule has 0 spiro atoms. The van der Waals surface area contributed by atoms with Crippen molar-refractivity contribution in [2.24, 2.45) is 0 Å². The lowest BCUT2D eigenvalue weighted by Crippen LogP contribution is -1.97.